The Morgan fingerprint density at radius 1 is 0.966 bits per heavy atom. The first kappa shape index (κ1) is 21.3. The molecule has 0 spiro atoms. The first-order chi connectivity index (χ1) is 14.3. The number of hydrogen-bond donors (Lipinski definition) is 3. The van der Waals surface area contributed by atoms with Gasteiger partial charge in [-0.25, -0.2) is 0 Å². The van der Waals surface area contributed by atoms with Crippen molar-refractivity contribution in [3.05, 3.63) is 71.3 Å². The van der Waals surface area contributed by atoms with Crippen LogP contribution in [0.25, 0.3) is 0 Å². The van der Waals surface area contributed by atoms with E-state index in [0.29, 0.717) is 6.54 Å². The van der Waals surface area contributed by atoms with Crippen molar-refractivity contribution in [2.45, 2.75) is 38.3 Å². The van der Waals surface area contributed by atoms with Gasteiger partial charge in [0.2, 0.25) is 0 Å². The normalized spacial score (nSPS) is 16.4. The van der Waals surface area contributed by atoms with Crippen molar-refractivity contribution >= 4 is 5.96 Å². The van der Waals surface area contributed by atoms with E-state index in [9.17, 15) is 5.11 Å². The van der Waals surface area contributed by atoms with Gasteiger partial charge in [-0.1, -0.05) is 61.0 Å². The van der Waals surface area contributed by atoms with Crippen LogP contribution in [0, 0.1) is 0 Å². The van der Waals surface area contributed by atoms with E-state index in [2.05, 4.69) is 56.9 Å². The summed E-state index contributed by atoms with van der Waals surface area (Å²) in [6.45, 7) is 4.89. The zero-order chi connectivity index (χ0) is 20.3. The molecule has 0 amide bonds. The molecule has 1 heterocycles. The molecule has 5 heteroatoms. The van der Waals surface area contributed by atoms with Gasteiger partial charge in [0.05, 0.1) is 6.61 Å². The van der Waals surface area contributed by atoms with E-state index in [1.165, 1.54) is 43.5 Å². The maximum absolute atomic E-state index is 9.76. The van der Waals surface area contributed by atoms with E-state index in [-0.39, 0.29) is 12.5 Å². The van der Waals surface area contributed by atoms with Gasteiger partial charge < -0.3 is 15.7 Å². The molecule has 3 rings (SSSR count). The molecule has 2 aromatic carbocycles. The minimum absolute atomic E-state index is 0.0427. The molecule has 3 N–H and O–H groups in total. The van der Waals surface area contributed by atoms with Crippen LogP contribution in [0.5, 0.6) is 0 Å². The van der Waals surface area contributed by atoms with Gasteiger partial charge in [-0.15, -0.1) is 0 Å². The quantitative estimate of drug-likeness (QED) is 0.476. The van der Waals surface area contributed by atoms with Crippen LogP contribution in [-0.2, 0) is 13.1 Å². The smallest absolute Gasteiger partial charge is 0.191 e. The third-order valence-corrected chi connectivity index (χ3v) is 5.64. The molecule has 156 valence electrons. The fourth-order valence-electron chi connectivity index (χ4n) is 3.88. The lowest BCUT2D eigenvalue weighted by molar-refractivity contribution is 0.220. The molecule has 0 radical (unpaired) electrons. The van der Waals surface area contributed by atoms with Crippen molar-refractivity contribution in [3.8, 4) is 0 Å². The van der Waals surface area contributed by atoms with Gasteiger partial charge in [0.1, 0.15) is 0 Å². The number of aliphatic imine (C=N–C) groups is 1. The number of likely N-dealkylation sites (tertiary alicyclic amines) is 1. The van der Waals surface area contributed by atoms with Crippen LogP contribution in [0.1, 0.15) is 41.9 Å². The average molecular weight is 395 g/mol. The molecule has 1 atom stereocenters. The molecule has 1 unspecified atom stereocenters. The molecular weight excluding hydrogens is 360 g/mol. The molecule has 1 saturated heterocycles. The Hall–Kier alpha value is -2.37. The summed E-state index contributed by atoms with van der Waals surface area (Å²) in [5.74, 6) is 0.799. The summed E-state index contributed by atoms with van der Waals surface area (Å²) in [5, 5.41) is 16.6. The second-order valence-corrected chi connectivity index (χ2v) is 7.70. The van der Waals surface area contributed by atoms with Crippen molar-refractivity contribution in [1.29, 1.82) is 0 Å². The number of guanidine groups is 1. The summed E-state index contributed by atoms with van der Waals surface area (Å²) >= 11 is 0. The highest BCUT2D eigenvalue weighted by Gasteiger charge is 2.13. The van der Waals surface area contributed by atoms with E-state index < -0.39 is 0 Å². The van der Waals surface area contributed by atoms with E-state index in [4.69, 9.17) is 0 Å². The SMILES string of the molecule is CN=C(NCc1ccccc1CN1CCCCC1)NCC(CO)c1ccccc1. The van der Waals surface area contributed by atoms with Crippen molar-refractivity contribution in [3.63, 3.8) is 0 Å². The summed E-state index contributed by atoms with van der Waals surface area (Å²) in [6.07, 6.45) is 3.98. The van der Waals surface area contributed by atoms with Gasteiger partial charge in [0.25, 0.3) is 0 Å². The largest absolute Gasteiger partial charge is 0.396 e. The van der Waals surface area contributed by atoms with Crippen LogP contribution >= 0.6 is 0 Å². The summed E-state index contributed by atoms with van der Waals surface area (Å²) < 4.78 is 0. The Kier molecular flexibility index (Phi) is 8.53. The molecule has 0 bridgehead atoms. The number of rotatable bonds is 8. The van der Waals surface area contributed by atoms with Crippen LogP contribution in [-0.4, -0.2) is 49.3 Å². The van der Waals surface area contributed by atoms with Crippen molar-refractivity contribution < 1.29 is 5.11 Å². The Bertz CT molecular complexity index is 756. The zero-order valence-electron chi connectivity index (χ0n) is 17.5. The molecule has 2 aromatic rings. The molecule has 5 nitrogen and oxygen atoms in total. The summed E-state index contributed by atoms with van der Waals surface area (Å²) in [4.78, 5) is 6.91. The van der Waals surface area contributed by atoms with E-state index in [1.807, 2.05) is 18.2 Å². The zero-order valence-corrected chi connectivity index (χ0v) is 17.5. The minimum Gasteiger partial charge on any atom is -0.396 e. The lowest BCUT2D eigenvalue weighted by Crippen LogP contribution is -2.39. The summed E-state index contributed by atoms with van der Waals surface area (Å²) in [7, 11) is 1.78. The average Bonchev–Trinajstić information content (AvgIpc) is 2.78. The van der Waals surface area contributed by atoms with Gasteiger partial charge >= 0.3 is 0 Å². The Morgan fingerprint density at radius 2 is 1.66 bits per heavy atom. The van der Waals surface area contributed by atoms with Crippen LogP contribution in [0.4, 0.5) is 0 Å². The highest BCUT2D eigenvalue weighted by molar-refractivity contribution is 5.79. The van der Waals surface area contributed by atoms with Gasteiger partial charge in [-0.05, 0) is 42.6 Å². The van der Waals surface area contributed by atoms with Gasteiger partial charge in [0, 0.05) is 32.6 Å². The molecule has 0 saturated carbocycles. The highest BCUT2D eigenvalue weighted by Crippen LogP contribution is 2.16. The monoisotopic (exact) mass is 394 g/mol. The number of nitrogens with zero attached hydrogens (tertiary/aromatic N) is 2. The maximum atomic E-state index is 9.76. The topological polar surface area (TPSA) is 59.9 Å². The van der Waals surface area contributed by atoms with Gasteiger partial charge in [-0.2, -0.15) is 0 Å². The minimum atomic E-state index is 0.0427. The first-order valence-corrected chi connectivity index (χ1v) is 10.7. The predicted molar refractivity (Wildman–Crippen MR) is 120 cm³/mol. The molecule has 1 aliphatic rings. The number of aliphatic hydroxyl groups excluding tert-OH is 1. The number of aliphatic hydroxyl groups is 1. The van der Waals surface area contributed by atoms with Crippen molar-refractivity contribution in [2.24, 2.45) is 4.99 Å². The van der Waals surface area contributed by atoms with Crippen LogP contribution in [0.2, 0.25) is 0 Å². The van der Waals surface area contributed by atoms with E-state index in [0.717, 1.165) is 24.6 Å². The van der Waals surface area contributed by atoms with Crippen LogP contribution in [0.3, 0.4) is 0 Å². The molecular formula is C24H34N4O. The molecule has 1 fully saturated rings. The lowest BCUT2D eigenvalue weighted by atomic mass is 10.0. The molecule has 1 aliphatic heterocycles. The molecule has 0 aromatic heterocycles. The number of hydrogen-bond acceptors (Lipinski definition) is 3. The lowest BCUT2D eigenvalue weighted by Gasteiger charge is -2.27. The third-order valence-electron chi connectivity index (χ3n) is 5.64. The summed E-state index contributed by atoms with van der Waals surface area (Å²) in [6, 6.07) is 18.8. The highest BCUT2D eigenvalue weighted by atomic mass is 16.3. The number of benzene rings is 2. The van der Waals surface area contributed by atoms with Crippen LogP contribution < -0.4 is 10.6 Å². The van der Waals surface area contributed by atoms with Crippen LogP contribution in [0.15, 0.2) is 59.6 Å². The Morgan fingerprint density at radius 3 is 2.34 bits per heavy atom. The van der Waals surface area contributed by atoms with E-state index >= 15 is 0 Å². The Labute approximate surface area is 174 Å². The maximum Gasteiger partial charge on any atom is 0.191 e. The second-order valence-electron chi connectivity index (χ2n) is 7.70. The van der Waals surface area contributed by atoms with Crippen molar-refractivity contribution in [2.75, 3.05) is 33.3 Å². The molecule has 29 heavy (non-hydrogen) atoms. The fourth-order valence-corrected chi connectivity index (χ4v) is 3.88. The standard InChI is InChI=1S/C24H34N4O/c1-25-24(27-17-23(19-29)20-10-4-2-5-11-20)26-16-21-12-6-7-13-22(21)18-28-14-8-3-9-15-28/h2,4-7,10-13,23,29H,3,8-9,14-19H2,1H3,(H2,25,26,27). The Balaban J connectivity index is 1.54. The molecule has 0 aliphatic carbocycles. The summed E-state index contributed by atoms with van der Waals surface area (Å²) in [5.41, 5.74) is 3.82. The number of nitrogens with one attached hydrogen (secondary N) is 2. The number of piperidine rings is 1. The fraction of sp³-hybridized carbons (Fsp3) is 0.458. The second kappa shape index (κ2) is 11.6. The third kappa shape index (κ3) is 6.58. The van der Waals surface area contributed by atoms with Crippen molar-refractivity contribution in [1.82, 2.24) is 15.5 Å². The predicted octanol–water partition coefficient (Wildman–Crippen LogP) is 3.11. The van der Waals surface area contributed by atoms with Gasteiger partial charge in [0.15, 0.2) is 5.96 Å². The van der Waals surface area contributed by atoms with Gasteiger partial charge in [-0.3, -0.25) is 9.89 Å². The van der Waals surface area contributed by atoms with E-state index in [1.54, 1.807) is 7.05 Å². The first-order valence-electron chi connectivity index (χ1n) is 10.7.